The summed E-state index contributed by atoms with van der Waals surface area (Å²) in [6.45, 7) is 10.4. The molecule has 0 saturated heterocycles. The first kappa shape index (κ1) is 17.3. The van der Waals surface area contributed by atoms with Crippen LogP contribution in [0.3, 0.4) is 0 Å². The van der Waals surface area contributed by atoms with Crippen LogP contribution in [0.2, 0.25) is 0 Å². The zero-order valence-electron chi connectivity index (χ0n) is 12.6. The van der Waals surface area contributed by atoms with Gasteiger partial charge in [0.15, 0.2) is 0 Å². The summed E-state index contributed by atoms with van der Waals surface area (Å²) in [7, 11) is 2.28. The monoisotopic (exact) mass is 259 g/mol. The Morgan fingerprint density at radius 2 is 1.59 bits per heavy atom. The smallest absolute Gasteiger partial charge is 0.00640 e. The molecule has 1 atom stereocenters. The van der Waals surface area contributed by atoms with Crippen LogP contribution in [0.4, 0.5) is 0 Å². The van der Waals surface area contributed by atoms with E-state index in [-0.39, 0.29) is 0 Å². The molecule has 0 heterocycles. The first-order valence-electron chi connectivity index (χ1n) is 7.36. The zero-order chi connectivity index (χ0) is 13.3. The Bertz CT molecular complexity index is 176. The van der Waals surface area contributed by atoms with Crippen LogP contribution in [-0.4, -0.2) is 30.3 Å². The molecule has 0 aromatic carbocycles. The van der Waals surface area contributed by atoms with Crippen molar-refractivity contribution >= 4 is 12.6 Å². The van der Waals surface area contributed by atoms with E-state index < -0.39 is 0 Å². The fourth-order valence-electron chi connectivity index (χ4n) is 2.87. The van der Waals surface area contributed by atoms with Crippen LogP contribution in [0.1, 0.15) is 66.2 Å². The van der Waals surface area contributed by atoms with Gasteiger partial charge in [0.25, 0.3) is 0 Å². The van der Waals surface area contributed by atoms with Crippen molar-refractivity contribution in [1.82, 2.24) is 4.90 Å². The Balaban J connectivity index is 4.49. The predicted octanol–water partition coefficient (Wildman–Crippen LogP) is 4.62. The lowest BCUT2D eigenvalue weighted by Crippen LogP contribution is -2.41. The molecule has 0 aromatic rings. The molecule has 0 amide bonds. The molecular weight excluding hydrogens is 226 g/mol. The van der Waals surface area contributed by atoms with Gasteiger partial charge in [0.1, 0.15) is 0 Å². The Labute approximate surface area is 115 Å². The summed E-state index contributed by atoms with van der Waals surface area (Å²) in [6.07, 6.45) is 7.76. The van der Waals surface area contributed by atoms with Crippen LogP contribution in [0, 0.1) is 5.41 Å². The molecule has 0 bridgehead atoms. The molecule has 1 nitrogen and oxygen atoms in total. The maximum Gasteiger partial charge on any atom is 0.00640 e. The minimum absolute atomic E-state index is 0.434. The molecule has 0 fully saturated rings. The second kappa shape index (κ2) is 9.27. The molecule has 0 radical (unpaired) electrons. The Morgan fingerprint density at radius 3 is 1.94 bits per heavy atom. The van der Waals surface area contributed by atoms with Crippen molar-refractivity contribution in [2.75, 3.05) is 19.3 Å². The molecule has 0 aliphatic rings. The van der Waals surface area contributed by atoms with Gasteiger partial charge >= 0.3 is 0 Å². The zero-order valence-corrected chi connectivity index (χ0v) is 13.5. The molecule has 2 heteroatoms. The highest BCUT2D eigenvalue weighted by Gasteiger charge is 2.29. The van der Waals surface area contributed by atoms with Gasteiger partial charge < -0.3 is 4.90 Å². The topological polar surface area (TPSA) is 3.24 Å². The molecule has 104 valence electrons. The minimum Gasteiger partial charge on any atom is -0.303 e. The van der Waals surface area contributed by atoms with Gasteiger partial charge in [-0.25, -0.2) is 0 Å². The summed E-state index contributed by atoms with van der Waals surface area (Å²) < 4.78 is 0. The van der Waals surface area contributed by atoms with E-state index in [9.17, 15) is 0 Å². The van der Waals surface area contributed by atoms with E-state index in [0.717, 1.165) is 5.75 Å². The van der Waals surface area contributed by atoms with Crippen molar-refractivity contribution in [3.8, 4) is 0 Å². The van der Waals surface area contributed by atoms with Crippen molar-refractivity contribution in [2.24, 2.45) is 5.41 Å². The van der Waals surface area contributed by atoms with Crippen molar-refractivity contribution < 1.29 is 0 Å². The van der Waals surface area contributed by atoms with Gasteiger partial charge in [0.2, 0.25) is 0 Å². The molecule has 0 saturated carbocycles. The molecule has 0 aliphatic carbocycles. The maximum absolute atomic E-state index is 4.64. The average molecular weight is 260 g/mol. The van der Waals surface area contributed by atoms with E-state index in [1.54, 1.807) is 0 Å². The van der Waals surface area contributed by atoms with Crippen LogP contribution in [0.25, 0.3) is 0 Å². The minimum atomic E-state index is 0.434. The van der Waals surface area contributed by atoms with Crippen molar-refractivity contribution in [2.45, 2.75) is 72.3 Å². The highest BCUT2D eigenvalue weighted by atomic mass is 32.1. The highest BCUT2D eigenvalue weighted by molar-refractivity contribution is 7.80. The molecular formula is C15H33NS. The normalized spacial score (nSPS) is 14.3. The highest BCUT2D eigenvalue weighted by Crippen LogP contribution is 2.32. The summed E-state index contributed by atoms with van der Waals surface area (Å²) in [5.74, 6) is 1.03. The van der Waals surface area contributed by atoms with Crippen LogP contribution in [0.15, 0.2) is 0 Å². The van der Waals surface area contributed by atoms with Crippen LogP contribution in [-0.2, 0) is 0 Å². The third kappa shape index (κ3) is 6.15. The van der Waals surface area contributed by atoms with Gasteiger partial charge in [-0.05, 0) is 44.4 Å². The quantitative estimate of drug-likeness (QED) is 0.560. The van der Waals surface area contributed by atoms with Gasteiger partial charge in [-0.15, -0.1) is 0 Å². The average Bonchev–Trinajstić information content (AvgIpc) is 2.29. The Kier molecular flexibility index (Phi) is 9.44. The SMILES string of the molecule is CCCC(C)N(C)CC(CS)(CCC)CCC. The van der Waals surface area contributed by atoms with Gasteiger partial charge in [-0.1, -0.05) is 40.0 Å². The first-order valence-corrected chi connectivity index (χ1v) is 7.99. The summed E-state index contributed by atoms with van der Waals surface area (Å²) in [5, 5.41) is 0. The molecule has 0 spiro atoms. The van der Waals surface area contributed by atoms with Gasteiger partial charge in [0.05, 0.1) is 0 Å². The van der Waals surface area contributed by atoms with E-state index in [4.69, 9.17) is 0 Å². The molecule has 17 heavy (non-hydrogen) atoms. The number of thiol groups is 1. The predicted molar refractivity (Wildman–Crippen MR) is 83.1 cm³/mol. The van der Waals surface area contributed by atoms with E-state index in [2.05, 4.69) is 52.3 Å². The summed E-state index contributed by atoms with van der Waals surface area (Å²) in [4.78, 5) is 2.55. The Hall–Kier alpha value is 0.310. The van der Waals surface area contributed by atoms with E-state index in [1.807, 2.05) is 0 Å². The second-order valence-electron chi connectivity index (χ2n) is 5.71. The lowest BCUT2D eigenvalue weighted by Gasteiger charge is -2.38. The molecule has 0 rings (SSSR count). The third-order valence-corrected chi connectivity index (χ3v) is 4.61. The first-order chi connectivity index (χ1) is 8.05. The molecule has 0 aliphatic heterocycles. The second-order valence-corrected chi connectivity index (χ2v) is 6.03. The largest absolute Gasteiger partial charge is 0.303 e. The summed E-state index contributed by atoms with van der Waals surface area (Å²) in [6, 6.07) is 0.702. The fourth-order valence-corrected chi connectivity index (χ4v) is 3.29. The molecule has 0 N–H and O–H groups in total. The van der Waals surface area contributed by atoms with Crippen molar-refractivity contribution in [1.29, 1.82) is 0 Å². The van der Waals surface area contributed by atoms with Gasteiger partial charge in [-0.2, -0.15) is 12.6 Å². The lowest BCUT2D eigenvalue weighted by atomic mass is 9.80. The van der Waals surface area contributed by atoms with E-state index in [1.165, 1.54) is 45.1 Å². The Morgan fingerprint density at radius 1 is 1.06 bits per heavy atom. The number of nitrogens with zero attached hydrogens (tertiary/aromatic N) is 1. The molecule has 1 unspecified atom stereocenters. The van der Waals surface area contributed by atoms with Gasteiger partial charge in [0, 0.05) is 12.6 Å². The third-order valence-electron chi connectivity index (χ3n) is 3.94. The van der Waals surface area contributed by atoms with Crippen LogP contribution < -0.4 is 0 Å². The fraction of sp³-hybridized carbons (Fsp3) is 1.00. The number of rotatable bonds is 10. The van der Waals surface area contributed by atoms with Gasteiger partial charge in [-0.3, -0.25) is 0 Å². The van der Waals surface area contributed by atoms with E-state index >= 15 is 0 Å². The lowest BCUT2D eigenvalue weighted by molar-refractivity contribution is 0.134. The molecule has 0 aromatic heterocycles. The van der Waals surface area contributed by atoms with Crippen LogP contribution >= 0.6 is 12.6 Å². The van der Waals surface area contributed by atoms with Crippen molar-refractivity contribution in [3.05, 3.63) is 0 Å². The number of hydrogen-bond donors (Lipinski definition) is 1. The van der Waals surface area contributed by atoms with E-state index in [0.29, 0.717) is 11.5 Å². The number of hydrogen-bond acceptors (Lipinski definition) is 2. The summed E-state index contributed by atoms with van der Waals surface area (Å²) >= 11 is 4.64. The van der Waals surface area contributed by atoms with Crippen molar-refractivity contribution in [3.63, 3.8) is 0 Å². The standard InChI is InChI=1S/C15H33NS/c1-6-9-14(4)16(5)12-15(13-17,10-7-2)11-8-3/h14,17H,6-13H2,1-5H3. The summed E-state index contributed by atoms with van der Waals surface area (Å²) in [5.41, 5.74) is 0.434. The van der Waals surface area contributed by atoms with Crippen LogP contribution in [0.5, 0.6) is 0 Å². The maximum atomic E-state index is 4.64.